The zero-order valence-corrected chi connectivity index (χ0v) is 16.5. The molecule has 7 heteroatoms. The molecule has 148 valence electrons. The summed E-state index contributed by atoms with van der Waals surface area (Å²) in [4.78, 5) is 4.25. The maximum absolute atomic E-state index is 12.9. The number of sulfonamides is 1. The highest BCUT2D eigenvalue weighted by molar-refractivity contribution is 7.89. The van der Waals surface area contributed by atoms with Crippen LogP contribution >= 0.6 is 0 Å². The van der Waals surface area contributed by atoms with Crippen molar-refractivity contribution in [3.63, 3.8) is 0 Å². The van der Waals surface area contributed by atoms with Crippen molar-refractivity contribution in [3.8, 4) is 0 Å². The second-order valence-corrected chi connectivity index (χ2v) is 8.78. The standard InChI is InChI=1S/C21H24FN3O2S/c1-15(12-20(23)8-4-16-2-6-19(22)7-3-16)25-28(26,27)21-9-5-18-14-24-11-10-17(18)13-21/h2-3,5-7,9-11,13-15,20,25H,4,8,12,23H2,1H3/t15-,20?/m1/s1. The Morgan fingerprint density at radius 1 is 1.11 bits per heavy atom. The Morgan fingerprint density at radius 3 is 2.61 bits per heavy atom. The Morgan fingerprint density at radius 2 is 1.86 bits per heavy atom. The number of aryl methyl sites for hydroxylation is 1. The molecule has 2 atom stereocenters. The Bertz CT molecular complexity index is 1040. The van der Waals surface area contributed by atoms with Crippen LogP contribution in [0, 0.1) is 5.82 Å². The van der Waals surface area contributed by atoms with Crippen molar-refractivity contribution in [2.45, 2.75) is 43.2 Å². The van der Waals surface area contributed by atoms with Crippen LogP contribution < -0.4 is 10.5 Å². The maximum Gasteiger partial charge on any atom is 0.240 e. The molecule has 0 aliphatic heterocycles. The second kappa shape index (κ2) is 8.77. The monoisotopic (exact) mass is 401 g/mol. The molecule has 1 aromatic heterocycles. The number of rotatable bonds is 8. The number of nitrogens with two attached hydrogens (primary N) is 1. The first-order valence-corrected chi connectivity index (χ1v) is 10.7. The first-order chi connectivity index (χ1) is 13.3. The van der Waals surface area contributed by atoms with Gasteiger partial charge >= 0.3 is 0 Å². The van der Waals surface area contributed by atoms with Gasteiger partial charge in [0.05, 0.1) is 4.90 Å². The molecule has 1 heterocycles. The summed E-state index contributed by atoms with van der Waals surface area (Å²) >= 11 is 0. The molecule has 3 rings (SSSR count). The first kappa shape index (κ1) is 20.4. The number of fused-ring (bicyclic) bond motifs is 1. The van der Waals surface area contributed by atoms with Crippen LogP contribution in [0.25, 0.3) is 10.8 Å². The van der Waals surface area contributed by atoms with Crippen molar-refractivity contribution in [2.75, 3.05) is 0 Å². The average Bonchev–Trinajstić information content (AvgIpc) is 2.66. The number of halogens is 1. The molecule has 0 saturated carbocycles. The van der Waals surface area contributed by atoms with Gasteiger partial charge in [0.25, 0.3) is 0 Å². The van der Waals surface area contributed by atoms with Crippen LogP contribution in [0.15, 0.2) is 65.8 Å². The summed E-state index contributed by atoms with van der Waals surface area (Å²) in [5.41, 5.74) is 7.18. The Kier molecular flexibility index (Phi) is 6.39. The lowest BCUT2D eigenvalue weighted by molar-refractivity contribution is 0.484. The van der Waals surface area contributed by atoms with E-state index < -0.39 is 10.0 Å². The Balaban J connectivity index is 1.57. The van der Waals surface area contributed by atoms with Crippen molar-refractivity contribution in [1.82, 2.24) is 9.71 Å². The molecule has 28 heavy (non-hydrogen) atoms. The van der Waals surface area contributed by atoms with Crippen LogP contribution in [0.1, 0.15) is 25.3 Å². The summed E-state index contributed by atoms with van der Waals surface area (Å²) in [6.07, 6.45) is 5.26. The van der Waals surface area contributed by atoms with Gasteiger partial charge in [0.15, 0.2) is 0 Å². The SMILES string of the molecule is C[C@H](CC(N)CCc1ccc(F)cc1)NS(=O)(=O)c1ccc2cnccc2c1. The molecule has 3 aromatic rings. The largest absolute Gasteiger partial charge is 0.328 e. The van der Waals surface area contributed by atoms with Crippen molar-refractivity contribution < 1.29 is 12.8 Å². The third kappa shape index (κ3) is 5.34. The normalized spacial score (nSPS) is 14.1. The summed E-state index contributed by atoms with van der Waals surface area (Å²) in [6, 6.07) is 12.6. The molecule has 0 bridgehead atoms. The quantitative estimate of drug-likeness (QED) is 0.606. The van der Waals surface area contributed by atoms with E-state index in [4.69, 9.17) is 5.73 Å². The first-order valence-electron chi connectivity index (χ1n) is 9.19. The van der Waals surface area contributed by atoms with Crippen LogP contribution in [-0.2, 0) is 16.4 Å². The molecule has 0 aliphatic rings. The fraction of sp³-hybridized carbons (Fsp3) is 0.286. The van der Waals surface area contributed by atoms with E-state index in [1.54, 1.807) is 55.7 Å². The van der Waals surface area contributed by atoms with Crippen LogP contribution in [0.2, 0.25) is 0 Å². The van der Waals surface area contributed by atoms with E-state index in [2.05, 4.69) is 9.71 Å². The molecule has 2 aromatic carbocycles. The predicted octanol–water partition coefficient (Wildman–Crippen LogP) is 3.39. The van der Waals surface area contributed by atoms with Gasteiger partial charge in [-0.1, -0.05) is 18.2 Å². The highest BCUT2D eigenvalue weighted by atomic mass is 32.2. The van der Waals surface area contributed by atoms with Gasteiger partial charge in [0.1, 0.15) is 5.82 Å². The second-order valence-electron chi connectivity index (χ2n) is 7.07. The van der Waals surface area contributed by atoms with Gasteiger partial charge in [0, 0.05) is 29.9 Å². The topological polar surface area (TPSA) is 85.1 Å². The predicted molar refractivity (Wildman–Crippen MR) is 109 cm³/mol. The van der Waals surface area contributed by atoms with Crippen molar-refractivity contribution in [2.24, 2.45) is 5.73 Å². The summed E-state index contributed by atoms with van der Waals surface area (Å²) < 4.78 is 41.0. The fourth-order valence-corrected chi connectivity index (χ4v) is 4.48. The molecule has 1 unspecified atom stereocenters. The minimum Gasteiger partial charge on any atom is -0.328 e. The summed E-state index contributed by atoms with van der Waals surface area (Å²) in [5.74, 6) is -0.263. The van der Waals surface area contributed by atoms with Crippen LogP contribution in [0.5, 0.6) is 0 Å². The molecule has 0 fully saturated rings. The number of nitrogens with zero attached hydrogens (tertiary/aromatic N) is 1. The zero-order valence-electron chi connectivity index (χ0n) is 15.7. The van der Waals surface area contributed by atoms with Crippen molar-refractivity contribution in [3.05, 3.63) is 72.3 Å². The van der Waals surface area contributed by atoms with E-state index in [1.807, 2.05) is 0 Å². The molecular formula is C21H24FN3O2S. The average molecular weight is 402 g/mol. The number of hydrogen-bond donors (Lipinski definition) is 2. The van der Waals surface area contributed by atoms with Gasteiger partial charge in [-0.2, -0.15) is 0 Å². The fourth-order valence-electron chi connectivity index (χ4n) is 3.18. The van der Waals surface area contributed by atoms with Gasteiger partial charge in [0.2, 0.25) is 10.0 Å². The minimum absolute atomic E-state index is 0.162. The van der Waals surface area contributed by atoms with E-state index in [0.29, 0.717) is 12.8 Å². The molecular weight excluding hydrogens is 377 g/mol. The number of aromatic nitrogens is 1. The third-order valence-corrected chi connectivity index (χ3v) is 6.24. The lowest BCUT2D eigenvalue weighted by Gasteiger charge is -2.19. The molecule has 0 aliphatic carbocycles. The maximum atomic E-state index is 12.9. The number of nitrogens with one attached hydrogen (secondary N) is 1. The van der Waals surface area contributed by atoms with E-state index in [-0.39, 0.29) is 22.8 Å². The molecule has 0 amide bonds. The number of benzene rings is 2. The molecule has 3 N–H and O–H groups in total. The number of pyridine rings is 1. The van der Waals surface area contributed by atoms with E-state index in [0.717, 1.165) is 22.8 Å². The zero-order chi connectivity index (χ0) is 20.1. The van der Waals surface area contributed by atoms with Gasteiger partial charge in [-0.05, 0) is 67.5 Å². The summed E-state index contributed by atoms with van der Waals surface area (Å²) in [7, 11) is -3.64. The van der Waals surface area contributed by atoms with Crippen LogP contribution in [0.3, 0.4) is 0 Å². The molecule has 5 nitrogen and oxygen atoms in total. The highest BCUT2D eigenvalue weighted by Gasteiger charge is 2.19. The van der Waals surface area contributed by atoms with Gasteiger partial charge in [-0.15, -0.1) is 0 Å². The molecule has 0 spiro atoms. The van der Waals surface area contributed by atoms with Crippen LogP contribution in [-0.4, -0.2) is 25.5 Å². The smallest absolute Gasteiger partial charge is 0.240 e. The highest BCUT2D eigenvalue weighted by Crippen LogP contribution is 2.19. The van der Waals surface area contributed by atoms with Gasteiger partial charge < -0.3 is 5.73 Å². The van der Waals surface area contributed by atoms with E-state index in [1.165, 1.54) is 12.1 Å². The Labute approximate surface area is 164 Å². The number of hydrogen-bond acceptors (Lipinski definition) is 4. The Hall–Kier alpha value is -2.35. The minimum atomic E-state index is -3.64. The summed E-state index contributed by atoms with van der Waals surface area (Å²) in [5, 5.41) is 1.71. The van der Waals surface area contributed by atoms with Gasteiger partial charge in [-0.25, -0.2) is 17.5 Å². The van der Waals surface area contributed by atoms with E-state index in [9.17, 15) is 12.8 Å². The van der Waals surface area contributed by atoms with Gasteiger partial charge in [-0.3, -0.25) is 4.98 Å². The van der Waals surface area contributed by atoms with Crippen molar-refractivity contribution >= 4 is 20.8 Å². The molecule has 0 saturated heterocycles. The third-order valence-electron chi connectivity index (χ3n) is 4.65. The van der Waals surface area contributed by atoms with Crippen LogP contribution in [0.4, 0.5) is 4.39 Å². The lowest BCUT2D eigenvalue weighted by atomic mass is 10.0. The van der Waals surface area contributed by atoms with Crippen molar-refractivity contribution in [1.29, 1.82) is 0 Å². The van der Waals surface area contributed by atoms with E-state index >= 15 is 0 Å². The summed E-state index contributed by atoms with van der Waals surface area (Å²) in [6.45, 7) is 1.81. The molecule has 0 radical (unpaired) electrons. The lowest BCUT2D eigenvalue weighted by Crippen LogP contribution is -2.37.